The largest absolute Gasteiger partial charge is 0.349 e. The summed E-state index contributed by atoms with van der Waals surface area (Å²) in [6.45, 7) is 4.02. The van der Waals surface area contributed by atoms with E-state index in [-0.39, 0.29) is 11.9 Å². The van der Waals surface area contributed by atoms with Crippen LogP contribution in [0.4, 0.5) is 0 Å². The molecule has 2 unspecified atom stereocenters. The molecule has 0 bridgehead atoms. The first-order valence-corrected chi connectivity index (χ1v) is 6.22. The minimum absolute atomic E-state index is 0.0572. The van der Waals surface area contributed by atoms with Crippen LogP contribution in [0, 0.1) is 17.2 Å². The van der Waals surface area contributed by atoms with Gasteiger partial charge in [-0.3, -0.25) is 4.79 Å². The highest BCUT2D eigenvalue weighted by Gasteiger charge is 2.22. The first-order valence-electron chi connectivity index (χ1n) is 6.22. The van der Waals surface area contributed by atoms with E-state index in [4.69, 9.17) is 5.26 Å². The van der Waals surface area contributed by atoms with Gasteiger partial charge in [0.1, 0.15) is 0 Å². The molecule has 1 aliphatic heterocycles. The van der Waals surface area contributed by atoms with Gasteiger partial charge in [-0.05, 0) is 49.7 Å². The van der Waals surface area contributed by atoms with Crippen molar-refractivity contribution in [2.45, 2.75) is 19.4 Å². The maximum atomic E-state index is 12.0. The number of benzene rings is 1. The standard InChI is InChI=1S/C14H17N3O/c1-10-9-16-7-6-13(10)17-14(18)12-4-2-11(8-15)3-5-12/h2-5,10,13,16H,6-7,9H2,1H3,(H,17,18). The van der Waals surface area contributed by atoms with Crippen molar-refractivity contribution >= 4 is 5.91 Å². The summed E-state index contributed by atoms with van der Waals surface area (Å²) in [6.07, 6.45) is 0.961. The van der Waals surface area contributed by atoms with Gasteiger partial charge in [0, 0.05) is 11.6 Å². The molecule has 1 aromatic carbocycles. The first-order chi connectivity index (χ1) is 8.70. The molecule has 4 nitrogen and oxygen atoms in total. The zero-order chi connectivity index (χ0) is 13.0. The summed E-state index contributed by atoms with van der Waals surface area (Å²) in [6, 6.07) is 9.00. The van der Waals surface area contributed by atoms with Crippen LogP contribution in [0.3, 0.4) is 0 Å². The highest BCUT2D eigenvalue weighted by Crippen LogP contribution is 2.11. The van der Waals surface area contributed by atoms with Gasteiger partial charge in [0.05, 0.1) is 11.6 Å². The van der Waals surface area contributed by atoms with E-state index < -0.39 is 0 Å². The number of nitriles is 1. The summed E-state index contributed by atoms with van der Waals surface area (Å²) in [4.78, 5) is 12.0. The van der Waals surface area contributed by atoms with Gasteiger partial charge in [-0.2, -0.15) is 5.26 Å². The Morgan fingerprint density at radius 3 is 2.78 bits per heavy atom. The summed E-state index contributed by atoms with van der Waals surface area (Å²) in [5, 5.41) is 15.1. The molecule has 1 aliphatic rings. The number of piperidine rings is 1. The molecule has 0 radical (unpaired) electrons. The Labute approximate surface area is 107 Å². The van der Waals surface area contributed by atoms with E-state index in [1.807, 2.05) is 6.07 Å². The number of carbonyl (C=O) groups is 1. The van der Waals surface area contributed by atoms with Gasteiger partial charge in [0.2, 0.25) is 0 Å². The number of nitrogens with zero attached hydrogens (tertiary/aromatic N) is 1. The number of hydrogen-bond acceptors (Lipinski definition) is 3. The molecular weight excluding hydrogens is 226 g/mol. The van der Waals surface area contributed by atoms with E-state index in [0.717, 1.165) is 19.5 Å². The lowest BCUT2D eigenvalue weighted by Crippen LogP contribution is -2.48. The zero-order valence-electron chi connectivity index (χ0n) is 10.4. The van der Waals surface area contributed by atoms with Crippen molar-refractivity contribution in [1.82, 2.24) is 10.6 Å². The summed E-state index contributed by atoms with van der Waals surface area (Å²) < 4.78 is 0. The molecule has 0 aliphatic carbocycles. The van der Waals surface area contributed by atoms with Crippen LogP contribution in [0.1, 0.15) is 29.3 Å². The molecule has 1 amide bonds. The van der Waals surface area contributed by atoms with Crippen LogP contribution < -0.4 is 10.6 Å². The Hall–Kier alpha value is -1.86. The smallest absolute Gasteiger partial charge is 0.251 e. The average molecular weight is 243 g/mol. The third-order valence-corrected chi connectivity index (χ3v) is 3.38. The van der Waals surface area contributed by atoms with Gasteiger partial charge < -0.3 is 10.6 Å². The first kappa shape index (κ1) is 12.6. The zero-order valence-corrected chi connectivity index (χ0v) is 10.4. The van der Waals surface area contributed by atoms with Crippen molar-refractivity contribution in [3.05, 3.63) is 35.4 Å². The van der Waals surface area contributed by atoms with Gasteiger partial charge in [-0.1, -0.05) is 6.92 Å². The van der Waals surface area contributed by atoms with Crippen molar-refractivity contribution in [3.8, 4) is 6.07 Å². The molecule has 94 valence electrons. The molecule has 0 spiro atoms. The Morgan fingerprint density at radius 2 is 2.17 bits per heavy atom. The molecule has 2 rings (SSSR count). The quantitative estimate of drug-likeness (QED) is 0.822. The lowest BCUT2D eigenvalue weighted by atomic mass is 9.95. The Morgan fingerprint density at radius 1 is 1.44 bits per heavy atom. The Bertz CT molecular complexity index is 461. The van der Waals surface area contributed by atoms with Crippen LogP contribution in [0.15, 0.2) is 24.3 Å². The second-order valence-corrected chi connectivity index (χ2v) is 4.74. The third-order valence-electron chi connectivity index (χ3n) is 3.38. The molecule has 18 heavy (non-hydrogen) atoms. The highest BCUT2D eigenvalue weighted by molar-refractivity contribution is 5.94. The molecule has 1 saturated heterocycles. The predicted molar refractivity (Wildman–Crippen MR) is 69.1 cm³/mol. The molecule has 1 fully saturated rings. The van der Waals surface area contributed by atoms with E-state index in [0.29, 0.717) is 17.0 Å². The van der Waals surface area contributed by atoms with E-state index >= 15 is 0 Å². The second-order valence-electron chi connectivity index (χ2n) is 4.74. The van der Waals surface area contributed by atoms with Crippen LogP contribution in [0.2, 0.25) is 0 Å². The van der Waals surface area contributed by atoms with Gasteiger partial charge in [-0.25, -0.2) is 0 Å². The summed E-state index contributed by atoms with van der Waals surface area (Å²) >= 11 is 0. The lowest BCUT2D eigenvalue weighted by Gasteiger charge is -2.30. The van der Waals surface area contributed by atoms with Crippen LogP contribution >= 0.6 is 0 Å². The molecule has 1 heterocycles. The van der Waals surface area contributed by atoms with Crippen molar-refractivity contribution in [3.63, 3.8) is 0 Å². The molecular formula is C14H17N3O. The minimum Gasteiger partial charge on any atom is -0.349 e. The number of carbonyl (C=O) groups excluding carboxylic acids is 1. The fraction of sp³-hybridized carbons (Fsp3) is 0.429. The summed E-state index contributed by atoms with van der Waals surface area (Å²) in [5.41, 5.74) is 1.18. The molecule has 0 aromatic heterocycles. The SMILES string of the molecule is CC1CNCCC1NC(=O)c1ccc(C#N)cc1. The normalized spacial score (nSPS) is 23.1. The van der Waals surface area contributed by atoms with Gasteiger partial charge in [0.25, 0.3) is 5.91 Å². The number of hydrogen-bond donors (Lipinski definition) is 2. The van der Waals surface area contributed by atoms with Crippen molar-refractivity contribution in [2.24, 2.45) is 5.92 Å². The van der Waals surface area contributed by atoms with E-state index in [2.05, 4.69) is 17.6 Å². The summed E-state index contributed by atoms with van der Waals surface area (Å²) in [5.74, 6) is 0.388. The highest BCUT2D eigenvalue weighted by atomic mass is 16.1. The second kappa shape index (κ2) is 5.65. The topological polar surface area (TPSA) is 64.9 Å². The number of amides is 1. The van der Waals surface area contributed by atoms with E-state index in [1.54, 1.807) is 24.3 Å². The van der Waals surface area contributed by atoms with Crippen molar-refractivity contribution in [1.29, 1.82) is 5.26 Å². The molecule has 1 aromatic rings. The van der Waals surface area contributed by atoms with Crippen LogP contribution in [0.5, 0.6) is 0 Å². The minimum atomic E-state index is -0.0572. The fourth-order valence-corrected chi connectivity index (χ4v) is 2.18. The van der Waals surface area contributed by atoms with Gasteiger partial charge >= 0.3 is 0 Å². The number of rotatable bonds is 2. The summed E-state index contributed by atoms with van der Waals surface area (Å²) in [7, 11) is 0. The Kier molecular flexibility index (Phi) is 3.96. The molecule has 4 heteroatoms. The Balaban J connectivity index is 2.00. The van der Waals surface area contributed by atoms with Gasteiger partial charge in [0.15, 0.2) is 0 Å². The van der Waals surface area contributed by atoms with Crippen LogP contribution in [0.25, 0.3) is 0 Å². The van der Waals surface area contributed by atoms with E-state index in [1.165, 1.54) is 0 Å². The predicted octanol–water partition coefficient (Wildman–Crippen LogP) is 1.29. The average Bonchev–Trinajstić information content (AvgIpc) is 2.41. The molecule has 2 N–H and O–H groups in total. The van der Waals surface area contributed by atoms with Crippen molar-refractivity contribution in [2.75, 3.05) is 13.1 Å². The lowest BCUT2D eigenvalue weighted by molar-refractivity contribution is 0.0914. The molecule has 2 atom stereocenters. The third kappa shape index (κ3) is 2.88. The molecule has 0 saturated carbocycles. The van der Waals surface area contributed by atoms with Crippen LogP contribution in [-0.2, 0) is 0 Å². The number of nitrogens with one attached hydrogen (secondary N) is 2. The van der Waals surface area contributed by atoms with Crippen molar-refractivity contribution < 1.29 is 4.79 Å². The maximum Gasteiger partial charge on any atom is 0.251 e. The van der Waals surface area contributed by atoms with E-state index in [9.17, 15) is 4.79 Å². The van der Waals surface area contributed by atoms with Crippen LogP contribution in [-0.4, -0.2) is 25.0 Å². The monoisotopic (exact) mass is 243 g/mol. The fourth-order valence-electron chi connectivity index (χ4n) is 2.18. The maximum absolute atomic E-state index is 12.0. The van der Waals surface area contributed by atoms with Gasteiger partial charge in [-0.15, -0.1) is 0 Å².